The summed E-state index contributed by atoms with van der Waals surface area (Å²) in [5.41, 5.74) is 4.57. The number of aromatic nitrogens is 6. The highest BCUT2D eigenvalue weighted by Gasteiger charge is 2.25. The molecule has 0 bridgehead atoms. The molecule has 248 valence electrons. The predicted octanol–water partition coefficient (Wildman–Crippen LogP) is 6.96. The molecule has 14 heteroatoms. The molecular weight excluding hydrogens is 641 g/mol. The highest BCUT2D eigenvalue weighted by atomic mass is 32.1. The van der Waals surface area contributed by atoms with Crippen molar-refractivity contribution in [3.8, 4) is 21.4 Å². The zero-order chi connectivity index (χ0) is 32.7. The number of carbonyl (C=O) groups excluding carboxylic acids is 2. The highest BCUT2D eigenvalue weighted by molar-refractivity contribution is 7.15. The molecule has 11 nitrogen and oxygen atoms in total. The molecule has 1 N–H and O–H groups in total. The second kappa shape index (κ2) is 15.6. The summed E-state index contributed by atoms with van der Waals surface area (Å²) in [5.74, 6) is -0.701. The number of thiazole rings is 2. The first-order valence-corrected chi connectivity index (χ1v) is 21.5. The maximum atomic E-state index is 12.4. The van der Waals surface area contributed by atoms with Crippen molar-refractivity contribution in [2.24, 2.45) is 0 Å². The number of hydrogen-bond donors (Lipinski definition) is 1. The van der Waals surface area contributed by atoms with Crippen molar-refractivity contribution in [2.45, 2.75) is 97.6 Å². The third kappa shape index (κ3) is 8.58. The quantitative estimate of drug-likeness (QED) is 0.101. The first kappa shape index (κ1) is 34.1. The minimum Gasteiger partial charge on any atom is -0.462 e. The Morgan fingerprint density at radius 2 is 1.46 bits per heavy atom. The van der Waals surface area contributed by atoms with E-state index in [1.54, 1.807) is 40.5 Å². The van der Waals surface area contributed by atoms with Crippen molar-refractivity contribution < 1.29 is 23.8 Å². The molecule has 6 rings (SSSR count). The standard InChI is InChI=1S/C19H29N3O3SSi.C13H15N3O2S/c1-5-25-19(23)14-12-22(13-24-10-11-27(2,3)4)21-17(14)18-20-15-8-6-7-9-16(15)26-18;1-2-18-13(17)8-7-14-16-11(8)12-15-9-5-3-4-6-10(9)19-12/h12H,5-11,13H2,1-4H3;7H,2-6H2,1H3,(H,14,16). The normalized spacial score (nSPS) is 14.2. The molecule has 0 aliphatic heterocycles. The SMILES string of the molecule is CCOC(=O)c1cn(COCC[Si](C)(C)C)nc1-c1nc2c(s1)CCCC2.CCOC(=O)c1cn[nH]c1-c1nc2c(s1)CCCC2. The van der Waals surface area contributed by atoms with Gasteiger partial charge < -0.3 is 14.2 Å². The fourth-order valence-corrected chi connectivity index (χ4v) is 8.33. The molecule has 0 saturated heterocycles. The van der Waals surface area contributed by atoms with Crippen LogP contribution in [0, 0.1) is 0 Å². The molecule has 2 aliphatic rings. The number of fused-ring (bicyclic) bond motifs is 2. The fourth-order valence-electron chi connectivity index (χ4n) is 5.27. The van der Waals surface area contributed by atoms with Gasteiger partial charge in [0.15, 0.2) is 0 Å². The molecule has 4 aromatic heterocycles. The summed E-state index contributed by atoms with van der Waals surface area (Å²) in [6, 6.07) is 1.10. The lowest BCUT2D eigenvalue weighted by Gasteiger charge is -2.15. The summed E-state index contributed by atoms with van der Waals surface area (Å²) in [7, 11) is -1.13. The van der Waals surface area contributed by atoms with Crippen LogP contribution < -0.4 is 0 Å². The molecule has 0 amide bonds. The van der Waals surface area contributed by atoms with Crippen LogP contribution in [0.5, 0.6) is 0 Å². The van der Waals surface area contributed by atoms with Crippen LogP contribution in [0.2, 0.25) is 25.7 Å². The molecule has 4 heterocycles. The van der Waals surface area contributed by atoms with E-state index in [2.05, 4.69) is 39.9 Å². The number of esters is 2. The maximum Gasteiger partial charge on any atom is 0.342 e. The second-order valence-electron chi connectivity index (χ2n) is 12.6. The molecule has 0 atom stereocenters. The number of carbonyl (C=O) groups is 2. The zero-order valence-corrected chi connectivity index (χ0v) is 30.1. The van der Waals surface area contributed by atoms with Gasteiger partial charge in [-0.25, -0.2) is 24.2 Å². The molecule has 0 radical (unpaired) electrons. The van der Waals surface area contributed by atoms with Crippen molar-refractivity contribution in [3.05, 3.63) is 44.7 Å². The van der Waals surface area contributed by atoms with E-state index in [-0.39, 0.29) is 11.9 Å². The molecule has 46 heavy (non-hydrogen) atoms. The maximum absolute atomic E-state index is 12.4. The van der Waals surface area contributed by atoms with Crippen LogP contribution in [0.4, 0.5) is 0 Å². The van der Waals surface area contributed by atoms with Gasteiger partial charge in [0.05, 0.1) is 30.8 Å². The van der Waals surface area contributed by atoms with E-state index >= 15 is 0 Å². The molecule has 0 unspecified atom stereocenters. The summed E-state index contributed by atoms with van der Waals surface area (Å²) in [6.45, 7) is 12.3. The molecule has 2 aliphatic carbocycles. The van der Waals surface area contributed by atoms with Crippen LogP contribution >= 0.6 is 22.7 Å². The lowest BCUT2D eigenvalue weighted by molar-refractivity contribution is 0.0516. The topological polar surface area (TPSA) is 134 Å². The molecule has 0 spiro atoms. The van der Waals surface area contributed by atoms with E-state index in [0.717, 1.165) is 47.4 Å². The number of rotatable bonds is 11. The molecule has 0 fully saturated rings. The molecular formula is C32H44N6O5S2Si. The van der Waals surface area contributed by atoms with Crippen LogP contribution in [0.15, 0.2) is 12.4 Å². The minimum absolute atomic E-state index is 0.335. The van der Waals surface area contributed by atoms with E-state index in [4.69, 9.17) is 19.2 Å². The van der Waals surface area contributed by atoms with E-state index in [0.29, 0.717) is 49.1 Å². The van der Waals surface area contributed by atoms with Crippen LogP contribution in [-0.2, 0) is 46.6 Å². The zero-order valence-electron chi connectivity index (χ0n) is 27.4. The van der Waals surface area contributed by atoms with Crippen molar-refractivity contribution in [1.82, 2.24) is 29.9 Å². The lowest BCUT2D eigenvalue weighted by Crippen LogP contribution is -2.22. The van der Waals surface area contributed by atoms with Gasteiger partial charge in [-0.05, 0) is 71.3 Å². The Morgan fingerprint density at radius 3 is 2.07 bits per heavy atom. The largest absolute Gasteiger partial charge is 0.462 e. The Hall–Kier alpha value is -3.20. The van der Waals surface area contributed by atoms with Crippen molar-refractivity contribution in [1.29, 1.82) is 0 Å². The van der Waals surface area contributed by atoms with Crippen LogP contribution in [0.25, 0.3) is 21.4 Å². The van der Waals surface area contributed by atoms with Crippen molar-refractivity contribution >= 4 is 42.7 Å². The first-order chi connectivity index (χ1) is 22.2. The summed E-state index contributed by atoms with van der Waals surface area (Å²) in [4.78, 5) is 36.3. The van der Waals surface area contributed by atoms with E-state index in [1.165, 1.54) is 47.3 Å². The smallest absolute Gasteiger partial charge is 0.342 e. The average Bonchev–Trinajstić information content (AvgIpc) is 3.83. The number of nitrogens with one attached hydrogen (secondary N) is 1. The number of aromatic amines is 1. The van der Waals surface area contributed by atoms with Crippen LogP contribution in [-0.4, -0.2) is 69.8 Å². The Morgan fingerprint density at radius 1 is 0.870 bits per heavy atom. The Balaban J connectivity index is 0.000000192. The summed E-state index contributed by atoms with van der Waals surface area (Å²) in [6.07, 6.45) is 12.3. The number of nitrogens with zero attached hydrogens (tertiary/aromatic N) is 5. The van der Waals surface area contributed by atoms with Gasteiger partial charge >= 0.3 is 11.9 Å². The Bertz CT molecular complexity index is 1590. The Kier molecular flexibility index (Phi) is 11.6. The fraction of sp³-hybridized carbons (Fsp3) is 0.562. The third-order valence-corrected chi connectivity index (χ3v) is 11.8. The number of aryl methyl sites for hydroxylation is 4. The minimum atomic E-state index is -1.13. The van der Waals surface area contributed by atoms with Crippen molar-refractivity contribution in [3.63, 3.8) is 0 Å². The van der Waals surface area contributed by atoms with Gasteiger partial charge in [-0.2, -0.15) is 10.2 Å². The predicted molar refractivity (Wildman–Crippen MR) is 182 cm³/mol. The van der Waals surface area contributed by atoms with Gasteiger partial charge in [0, 0.05) is 30.6 Å². The summed E-state index contributed by atoms with van der Waals surface area (Å²) < 4.78 is 17.7. The highest BCUT2D eigenvalue weighted by Crippen LogP contribution is 2.35. The van der Waals surface area contributed by atoms with Gasteiger partial charge in [0.1, 0.15) is 39.3 Å². The Labute approximate surface area is 279 Å². The third-order valence-electron chi connectivity index (χ3n) is 7.72. The summed E-state index contributed by atoms with van der Waals surface area (Å²) in [5, 5.41) is 13.1. The van der Waals surface area contributed by atoms with Gasteiger partial charge in [0.2, 0.25) is 0 Å². The van der Waals surface area contributed by atoms with Crippen LogP contribution in [0.3, 0.4) is 0 Å². The monoisotopic (exact) mass is 684 g/mol. The van der Waals surface area contributed by atoms with Crippen molar-refractivity contribution in [2.75, 3.05) is 19.8 Å². The lowest BCUT2D eigenvalue weighted by atomic mass is 10.0. The van der Waals surface area contributed by atoms with E-state index in [1.807, 2.05) is 6.92 Å². The van der Waals surface area contributed by atoms with Gasteiger partial charge in [0.25, 0.3) is 0 Å². The van der Waals surface area contributed by atoms with E-state index < -0.39 is 8.07 Å². The second-order valence-corrected chi connectivity index (χ2v) is 20.4. The van der Waals surface area contributed by atoms with Gasteiger partial charge in [-0.1, -0.05) is 19.6 Å². The summed E-state index contributed by atoms with van der Waals surface area (Å²) >= 11 is 3.31. The number of hydrogen-bond acceptors (Lipinski definition) is 11. The number of ether oxygens (including phenoxy) is 3. The number of H-pyrrole nitrogens is 1. The average molecular weight is 685 g/mol. The molecule has 0 saturated carbocycles. The van der Waals surface area contributed by atoms with Crippen LogP contribution in [0.1, 0.15) is 81.4 Å². The first-order valence-electron chi connectivity index (χ1n) is 16.2. The van der Waals surface area contributed by atoms with Gasteiger partial charge in [-0.3, -0.25) is 5.10 Å². The molecule has 0 aromatic carbocycles. The van der Waals surface area contributed by atoms with Gasteiger partial charge in [-0.15, -0.1) is 22.7 Å². The molecule has 4 aromatic rings. The van der Waals surface area contributed by atoms with E-state index in [9.17, 15) is 9.59 Å².